The van der Waals surface area contributed by atoms with Crippen molar-refractivity contribution in [3.63, 3.8) is 0 Å². The summed E-state index contributed by atoms with van der Waals surface area (Å²) in [6.45, 7) is 5.82. The molecule has 0 atom stereocenters. The molecule has 1 aromatic rings. The van der Waals surface area contributed by atoms with Crippen molar-refractivity contribution in [2.75, 3.05) is 20.2 Å². The standard InChI is InChI=1S/C15H21FN2O3/c1-10(2)18(8-7-17-11(3)19)15(20)13-9-12(16)5-6-14(13)21-4/h5-6,9-10H,7-8H2,1-4H3,(H,17,19). The Bertz CT molecular complexity index is 518. The highest BCUT2D eigenvalue weighted by Crippen LogP contribution is 2.21. The minimum Gasteiger partial charge on any atom is -0.496 e. The average Bonchev–Trinajstić information content (AvgIpc) is 2.42. The van der Waals surface area contributed by atoms with Gasteiger partial charge in [-0.2, -0.15) is 0 Å². The number of benzene rings is 1. The fourth-order valence-corrected chi connectivity index (χ4v) is 1.95. The number of carbonyl (C=O) groups is 2. The number of nitrogens with one attached hydrogen (secondary N) is 1. The molecule has 0 aromatic heterocycles. The smallest absolute Gasteiger partial charge is 0.258 e. The quantitative estimate of drug-likeness (QED) is 0.871. The topological polar surface area (TPSA) is 58.6 Å². The Kier molecular flexibility index (Phi) is 6.14. The van der Waals surface area contributed by atoms with Crippen LogP contribution in [-0.4, -0.2) is 43.0 Å². The third-order valence-corrected chi connectivity index (χ3v) is 3.00. The van der Waals surface area contributed by atoms with Crippen LogP contribution >= 0.6 is 0 Å². The molecule has 1 rings (SSSR count). The van der Waals surface area contributed by atoms with Crippen molar-refractivity contribution >= 4 is 11.8 Å². The largest absolute Gasteiger partial charge is 0.496 e. The van der Waals surface area contributed by atoms with E-state index in [1.165, 1.54) is 26.2 Å². The number of nitrogens with zero attached hydrogens (tertiary/aromatic N) is 1. The van der Waals surface area contributed by atoms with Crippen LogP contribution in [0.3, 0.4) is 0 Å². The maximum Gasteiger partial charge on any atom is 0.258 e. The van der Waals surface area contributed by atoms with Gasteiger partial charge in [-0.3, -0.25) is 9.59 Å². The molecule has 1 N–H and O–H groups in total. The molecule has 0 spiro atoms. The van der Waals surface area contributed by atoms with Gasteiger partial charge < -0.3 is 15.0 Å². The SMILES string of the molecule is COc1ccc(F)cc1C(=O)N(CCNC(C)=O)C(C)C. The number of rotatable bonds is 6. The van der Waals surface area contributed by atoms with Crippen molar-refractivity contribution in [3.05, 3.63) is 29.6 Å². The highest BCUT2D eigenvalue weighted by Gasteiger charge is 2.22. The number of ether oxygens (including phenoxy) is 1. The van der Waals surface area contributed by atoms with Crippen LogP contribution in [0.4, 0.5) is 4.39 Å². The summed E-state index contributed by atoms with van der Waals surface area (Å²) in [6.07, 6.45) is 0. The van der Waals surface area contributed by atoms with Crippen LogP contribution in [-0.2, 0) is 4.79 Å². The van der Waals surface area contributed by atoms with Crippen LogP contribution in [0.25, 0.3) is 0 Å². The van der Waals surface area contributed by atoms with E-state index in [0.717, 1.165) is 6.07 Å². The molecule has 0 fully saturated rings. The number of hydrogen-bond donors (Lipinski definition) is 1. The number of carbonyl (C=O) groups excluding carboxylic acids is 2. The summed E-state index contributed by atoms with van der Waals surface area (Å²) in [5, 5.41) is 2.64. The monoisotopic (exact) mass is 296 g/mol. The first-order valence-electron chi connectivity index (χ1n) is 6.75. The van der Waals surface area contributed by atoms with Gasteiger partial charge in [0.2, 0.25) is 5.91 Å². The zero-order valence-corrected chi connectivity index (χ0v) is 12.8. The molecule has 0 radical (unpaired) electrons. The van der Waals surface area contributed by atoms with Gasteiger partial charge in [-0.25, -0.2) is 4.39 Å². The van der Waals surface area contributed by atoms with Gasteiger partial charge in [0.25, 0.3) is 5.91 Å². The normalized spacial score (nSPS) is 10.4. The summed E-state index contributed by atoms with van der Waals surface area (Å²) in [5.74, 6) is -0.655. The minimum atomic E-state index is -0.496. The average molecular weight is 296 g/mol. The first kappa shape index (κ1) is 16.9. The maximum absolute atomic E-state index is 13.4. The van der Waals surface area contributed by atoms with Crippen molar-refractivity contribution in [1.82, 2.24) is 10.2 Å². The van der Waals surface area contributed by atoms with Gasteiger partial charge >= 0.3 is 0 Å². The summed E-state index contributed by atoms with van der Waals surface area (Å²) < 4.78 is 18.5. The van der Waals surface area contributed by atoms with E-state index in [4.69, 9.17) is 4.74 Å². The molecule has 0 saturated carbocycles. The molecule has 0 aliphatic heterocycles. The predicted molar refractivity (Wildman–Crippen MR) is 77.8 cm³/mol. The van der Waals surface area contributed by atoms with Crippen molar-refractivity contribution in [2.45, 2.75) is 26.8 Å². The molecule has 2 amide bonds. The highest BCUT2D eigenvalue weighted by atomic mass is 19.1. The summed E-state index contributed by atoms with van der Waals surface area (Å²) in [7, 11) is 1.43. The second-order valence-corrected chi connectivity index (χ2v) is 4.92. The first-order chi connectivity index (χ1) is 9.86. The number of amides is 2. The Labute approximate surface area is 124 Å². The van der Waals surface area contributed by atoms with Crippen LogP contribution in [0.1, 0.15) is 31.1 Å². The second kappa shape index (κ2) is 7.61. The zero-order chi connectivity index (χ0) is 16.0. The molecule has 0 unspecified atom stereocenters. The van der Waals surface area contributed by atoms with Crippen molar-refractivity contribution in [2.24, 2.45) is 0 Å². The third kappa shape index (κ3) is 4.73. The molecular weight excluding hydrogens is 275 g/mol. The predicted octanol–water partition coefficient (Wildman–Crippen LogP) is 1.82. The Morgan fingerprint density at radius 1 is 1.38 bits per heavy atom. The van der Waals surface area contributed by atoms with Crippen molar-refractivity contribution in [3.8, 4) is 5.75 Å². The van der Waals surface area contributed by atoms with Crippen LogP contribution in [0.5, 0.6) is 5.75 Å². The summed E-state index contributed by atoms with van der Waals surface area (Å²) in [5.41, 5.74) is 0.175. The van der Waals surface area contributed by atoms with E-state index in [2.05, 4.69) is 5.32 Å². The van der Waals surface area contributed by atoms with Gasteiger partial charge in [0, 0.05) is 26.1 Å². The fourth-order valence-electron chi connectivity index (χ4n) is 1.95. The summed E-state index contributed by atoms with van der Waals surface area (Å²) in [4.78, 5) is 25.0. The molecule has 6 heteroatoms. The Morgan fingerprint density at radius 2 is 2.05 bits per heavy atom. The van der Waals surface area contributed by atoms with Crippen LogP contribution in [0.2, 0.25) is 0 Å². The van der Waals surface area contributed by atoms with E-state index in [9.17, 15) is 14.0 Å². The lowest BCUT2D eigenvalue weighted by molar-refractivity contribution is -0.119. The van der Waals surface area contributed by atoms with Crippen LogP contribution in [0.15, 0.2) is 18.2 Å². The lowest BCUT2D eigenvalue weighted by atomic mass is 10.1. The van der Waals surface area contributed by atoms with Gasteiger partial charge in [0.15, 0.2) is 0 Å². The molecule has 0 bridgehead atoms. The Morgan fingerprint density at radius 3 is 2.57 bits per heavy atom. The van der Waals surface area contributed by atoms with E-state index in [0.29, 0.717) is 18.8 Å². The van der Waals surface area contributed by atoms with E-state index < -0.39 is 5.82 Å². The lowest BCUT2D eigenvalue weighted by Crippen LogP contribution is -2.42. The summed E-state index contributed by atoms with van der Waals surface area (Å²) in [6, 6.07) is 3.75. The fraction of sp³-hybridized carbons (Fsp3) is 0.467. The Balaban J connectivity index is 2.95. The van der Waals surface area contributed by atoms with Gasteiger partial charge in [-0.05, 0) is 32.0 Å². The Hall–Kier alpha value is -2.11. The molecule has 0 heterocycles. The van der Waals surface area contributed by atoms with Crippen molar-refractivity contribution in [1.29, 1.82) is 0 Å². The molecule has 21 heavy (non-hydrogen) atoms. The van der Waals surface area contributed by atoms with Gasteiger partial charge in [-0.15, -0.1) is 0 Å². The molecule has 0 saturated heterocycles. The van der Waals surface area contributed by atoms with Crippen molar-refractivity contribution < 1.29 is 18.7 Å². The van der Waals surface area contributed by atoms with E-state index in [1.807, 2.05) is 13.8 Å². The zero-order valence-electron chi connectivity index (χ0n) is 12.8. The molecule has 0 aliphatic carbocycles. The van der Waals surface area contributed by atoms with E-state index in [1.54, 1.807) is 4.90 Å². The number of hydrogen-bond acceptors (Lipinski definition) is 3. The van der Waals surface area contributed by atoms with Gasteiger partial charge in [0.05, 0.1) is 12.7 Å². The summed E-state index contributed by atoms with van der Waals surface area (Å²) >= 11 is 0. The highest BCUT2D eigenvalue weighted by molar-refractivity contribution is 5.97. The second-order valence-electron chi connectivity index (χ2n) is 4.92. The third-order valence-electron chi connectivity index (χ3n) is 3.00. The lowest BCUT2D eigenvalue weighted by Gasteiger charge is -2.27. The molecule has 5 nitrogen and oxygen atoms in total. The van der Waals surface area contributed by atoms with E-state index >= 15 is 0 Å². The molecule has 1 aromatic carbocycles. The first-order valence-corrected chi connectivity index (χ1v) is 6.75. The van der Waals surface area contributed by atoms with E-state index in [-0.39, 0.29) is 23.4 Å². The molecule has 0 aliphatic rings. The van der Waals surface area contributed by atoms with Crippen LogP contribution in [0, 0.1) is 5.82 Å². The molecule has 116 valence electrons. The number of halogens is 1. The van der Waals surface area contributed by atoms with Gasteiger partial charge in [0.1, 0.15) is 11.6 Å². The van der Waals surface area contributed by atoms with Gasteiger partial charge in [-0.1, -0.05) is 0 Å². The number of methoxy groups -OCH3 is 1. The maximum atomic E-state index is 13.4. The van der Waals surface area contributed by atoms with Crippen LogP contribution < -0.4 is 10.1 Å². The molecular formula is C15H21FN2O3. The minimum absolute atomic E-state index is 0.0840.